The van der Waals surface area contributed by atoms with Crippen LogP contribution in [0.3, 0.4) is 0 Å². The summed E-state index contributed by atoms with van der Waals surface area (Å²) in [5, 5.41) is 61.8. The maximum Gasteiger partial charge on any atom is 1.00 e. The van der Waals surface area contributed by atoms with Crippen molar-refractivity contribution in [3.8, 4) is 11.5 Å². The second kappa shape index (κ2) is 17.7. The Hall–Kier alpha value is -6.33. The molecule has 8 N–H and O–H groups in total. The van der Waals surface area contributed by atoms with E-state index in [0.717, 1.165) is 12.1 Å². The van der Waals surface area contributed by atoms with E-state index in [-0.39, 0.29) is 85.6 Å². The van der Waals surface area contributed by atoms with Gasteiger partial charge in [0.05, 0.1) is 22.7 Å². The number of phenolic OH excluding ortho intramolecular Hbond substituents is 2. The number of hydrogen-bond donors (Lipinski definition) is 8. The summed E-state index contributed by atoms with van der Waals surface area (Å²) < 4.78 is 69.4. The summed E-state index contributed by atoms with van der Waals surface area (Å²) in [5.41, 5.74) is 0.438. The fraction of sp³-hybridized carbons (Fsp3) is 0.0541. The Bertz CT molecular complexity index is 2770. The normalized spacial score (nSPS) is 12.6. The summed E-state index contributed by atoms with van der Waals surface area (Å²) in [6.45, 7) is 2.78. The first-order valence-electron chi connectivity index (χ1n) is 16.5. The van der Waals surface area contributed by atoms with Gasteiger partial charge in [0.25, 0.3) is 20.2 Å². The zero-order valence-electron chi connectivity index (χ0n) is 31.0. The van der Waals surface area contributed by atoms with Gasteiger partial charge in [-0.05, 0) is 108 Å². The van der Waals surface area contributed by atoms with E-state index in [9.17, 15) is 51.2 Å². The van der Waals surface area contributed by atoms with Gasteiger partial charge in [-0.3, -0.25) is 9.11 Å². The number of nitrogens with zero attached hydrogens (tertiary/aromatic N) is 6. The molecule has 0 atom stereocenters. The number of carbonyl (C=O) groups is 1. The molecule has 2 amide bonds. The van der Waals surface area contributed by atoms with E-state index >= 15 is 0 Å². The van der Waals surface area contributed by atoms with Crippen LogP contribution >= 0.6 is 0 Å². The number of amides is 2. The van der Waals surface area contributed by atoms with Crippen molar-refractivity contribution in [3.63, 3.8) is 0 Å². The SMILES string of the molecule is CC(O)=Nc1ccc(N=Nc2c(S(=O)(=O)O)cc3cc(NC(=O)Nc4ccc5c(O)c(N=Nc6ccc(N=C(C)O)cc6)c(S(=O)(=O)O)cc5c4)ccc3c2O)cc1.[Na+]. The van der Waals surface area contributed by atoms with Crippen molar-refractivity contribution in [2.75, 3.05) is 10.6 Å². The van der Waals surface area contributed by atoms with Crippen molar-refractivity contribution in [3.05, 3.63) is 97.1 Å². The van der Waals surface area contributed by atoms with E-state index in [4.69, 9.17) is 0 Å². The third-order valence-electron chi connectivity index (χ3n) is 7.99. The largest absolute Gasteiger partial charge is 1.00 e. The van der Waals surface area contributed by atoms with Gasteiger partial charge in [-0.25, -0.2) is 14.8 Å². The van der Waals surface area contributed by atoms with Gasteiger partial charge in [0.1, 0.15) is 21.2 Å². The summed E-state index contributed by atoms with van der Waals surface area (Å²) >= 11 is 0. The van der Waals surface area contributed by atoms with Crippen LogP contribution in [0, 0.1) is 0 Å². The van der Waals surface area contributed by atoms with Crippen molar-refractivity contribution in [1.82, 2.24) is 0 Å². The van der Waals surface area contributed by atoms with Gasteiger partial charge in [0, 0.05) is 36.0 Å². The molecule has 0 spiro atoms. The number of rotatable bonds is 10. The number of aliphatic hydroxyl groups is 2. The topological polar surface area (TPSA) is 305 Å². The first kappa shape index (κ1) is 43.8. The van der Waals surface area contributed by atoms with Gasteiger partial charge in [-0.2, -0.15) is 27.1 Å². The number of aliphatic imine (C=N–C) groups is 2. The van der Waals surface area contributed by atoms with E-state index in [0.29, 0.717) is 11.4 Å². The molecule has 0 unspecified atom stereocenters. The number of urea groups is 1. The number of aromatic hydroxyl groups is 2. The number of carbonyl (C=O) groups excluding carboxylic acids is 1. The molecule has 6 aromatic carbocycles. The Morgan fingerprint density at radius 1 is 0.525 bits per heavy atom. The van der Waals surface area contributed by atoms with Crippen LogP contribution in [0.1, 0.15) is 13.8 Å². The number of aliphatic hydroxyl groups excluding tert-OH is 2. The van der Waals surface area contributed by atoms with E-state index in [1.165, 1.54) is 98.8 Å². The molecule has 0 saturated heterocycles. The maximum absolute atomic E-state index is 13.0. The zero-order valence-corrected chi connectivity index (χ0v) is 34.6. The van der Waals surface area contributed by atoms with Crippen molar-refractivity contribution in [1.29, 1.82) is 0 Å². The molecule has 0 aromatic heterocycles. The predicted octanol–water partition coefficient (Wildman–Crippen LogP) is 6.59. The molecule has 0 radical (unpaired) electrons. The third-order valence-corrected chi connectivity index (χ3v) is 9.72. The van der Waals surface area contributed by atoms with E-state index in [2.05, 4.69) is 41.1 Å². The molecule has 19 nitrogen and oxygen atoms in total. The monoisotopic (exact) mass is 849 g/mol. The number of phenols is 2. The molecule has 0 heterocycles. The Morgan fingerprint density at radius 2 is 0.864 bits per heavy atom. The van der Waals surface area contributed by atoms with Crippen molar-refractivity contribution in [2.24, 2.45) is 30.4 Å². The van der Waals surface area contributed by atoms with Crippen LogP contribution in [0.15, 0.2) is 137 Å². The zero-order chi connectivity index (χ0) is 41.9. The number of hydrogen-bond acceptors (Lipinski definition) is 13. The molecule has 0 aliphatic heterocycles. The summed E-state index contributed by atoms with van der Waals surface area (Å²) in [7, 11) is -9.92. The summed E-state index contributed by atoms with van der Waals surface area (Å²) in [6.07, 6.45) is 0. The van der Waals surface area contributed by atoms with Crippen molar-refractivity contribution in [2.45, 2.75) is 23.6 Å². The maximum atomic E-state index is 13.0. The smallest absolute Gasteiger partial charge is 0.505 e. The van der Waals surface area contributed by atoms with Gasteiger partial charge in [0.15, 0.2) is 23.3 Å². The second-order valence-electron chi connectivity index (χ2n) is 12.3. The van der Waals surface area contributed by atoms with Crippen LogP contribution in [0.5, 0.6) is 11.5 Å². The summed E-state index contributed by atoms with van der Waals surface area (Å²) in [6, 6.07) is 21.4. The molecule has 22 heteroatoms. The third kappa shape index (κ3) is 10.6. The number of anilines is 2. The molecule has 0 fully saturated rings. The molecule has 0 aliphatic rings. The Kier molecular flexibility index (Phi) is 13.1. The summed E-state index contributed by atoms with van der Waals surface area (Å²) in [5.74, 6) is -1.59. The Balaban J connectivity index is 0.00000661. The van der Waals surface area contributed by atoms with E-state index in [1.807, 2.05) is 0 Å². The van der Waals surface area contributed by atoms with Gasteiger partial charge in [0.2, 0.25) is 0 Å². The average molecular weight is 850 g/mol. The molecule has 59 heavy (non-hydrogen) atoms. The van der Waals surface area contributed by atoms with Gasteiger partial charge >= 0.3 is 35.6 Å². The van der Waals surface area contributed by atoms with Crippen LogP contribution in [0.2, 0.25) is 0 Å². The molecule has 0 aliphatic carbocycles. The Morgan fingerprint density at radius 3 is 1.19 bits per heavy atom. The van der Waals surface area contributed by atoms with Crippen LogP contribution in [0.4, 0.5) is 50.3 Å². The van der Waals surface area contributed by atoms with Gasteiger partial charge in [-0.15, -0.1) is 10.2 Å². The standard InChI is InChI=1S/C37H30N8O11S2.Na/c1-19(46)38-23-3-7-25(8-4-23)42-44-33-31(57(51,52)53)17-21-15-27(11-13-29(21)35(33)48)40-37(50)41-28-12-14-30-22(16-28)18-32(58(54,55)56)34(36(30)49)45-43-26-9-5-24(6-10-26)39-20(2)47;/h3-18,48-49H,1-2H3,(H,38,46)(H,39,47)(H2,40,41,50)(H,51,52,53)(H,54,55,56);/q;+1. The molecular formula is C37H30N8NaO11S2+. The molecule has 6 rings (SSSR count). The molecule has 0 saturated carbocycles. The van der Waals surface area contributed by atoms with Crippen LogP contribution in [0.25, 0.3) is 21.5 Å². The minimum absolute atomic E-state index is 0. The molecule has 0 bridgehead atoms. The fourth-order valence-corrected chi connectivity index (χ4v) is 6.83. The van der Waals surface area contributed by atoms with Crippen LogP contribution in [-0.2, 0) is 20.2 Å². The average Bonchev–Trinajstić information content (AvgIpc) is 3.13. The minimum atomic E-state index is -4.96. The molecule has 6 aromatic rings. The van der Waals surface area contributed by atoms with Crippen LogP contribution < -0.4 is 40.2 Å². The first-order valence-corrected chi connectivity index (χ1v) is 19.4. The van der Waals surface area contributed by atoms with E-state index in [1.54, 1.807) is 0 Å². The van der Waals surface area contributed by atoms with Crippen molar-refractivity contribution < 1.29 is 80.7 Å². The van der Waals surface area contributed by atoms with Gasteiger partial charge < -0.3 is 31.1 Å². The summed E-state index contributed by atoms with van der Waals surface area (Å²) in [4.78, 5) is 19.3. The van der Waals surface area contributed by atoms with Gasteiger partial charge in [-0.1, -0.05) is 0 Å². The quantitative estimate of drug-likeness (QED) is 0.0239. The number of nitrogens with one attached hydrogen (secondary N) is 2. The van der Waals surface area contributed by atoms with E-state index < -0.39 is 58.9 Å². The minimum Gasteiger partial charge on any atom is -0.505 e. The second-order valence-corrected chi connectivity index (χ2v) is 15.1. The number of benzene rings is 6. The molecule has 296 valence electrons. The predicted molar refractivity (Wildman–Crippen MR) is 216 cm³/mol. The fourth-order valence-electron chi connectivity index (χ4n) is 5.52. The van der Waals surface area contributed by atoms with Crippen molar-refractivity contribution >= 4 is 105 Å². The Labute approximate surface area is 357 Å². The van der Waals surface area contributed by atoms with Crippen LogP contribution in [-0.4, -0.2) is 64.2 Å². The number of azo groups is 2. The first-order chi connectivity index (χ1) is 27.3. The molecular weight excluding hydrogens is 820 g/mol. The number of fused-ring (bicyclic) bond motifs is 2.